The summed E-state index contributed by atoms with van der Waals surface area (Å²) >= 11 is 3.37. The predicted octanol–water partition coefficient (Wildman–Crippen LogP) is 5.10. The highest BCUT2D eigenvalue weighted by molar-refractivity contribution is 9.10. The number of nitrogens with zero attached hydrogens (tertiary/aromatic N) is 5. The monoisotopic (exact) mass is 581 g/mol. The average molecular weight is 582 g/mol. The highest BCUT2D eigenvalue weighted by Gasteiger charge is 2.36. The lowest BCUT2D eigenvalue weighted by Crippen LogP contribution is -2.55. The van der Waals surface area contributed by atoms with Gasteiger partial charge in [0.05, 0.1) is 23.3 Å². The topological polar surface area (TPSA) is 65.2 Å². The molecular weight excluding hydrogens is 559 g/mol. The summed E-state index contributed by atoms with van der Waals surface area (Å²) in [5, 5.41) is 9.91. The molecule has 2 aromatic heterocycles. The molecule has 38 heavy (non-hydrogen) atoms. The maximum atomic E-state index is 14.7. The van der Waals surface area contributed by atoms with E-state index in [1.807, 2.05) is 15.9 Å². The van der Waals surface area contributed by atoms with Crippen molar-refractivity contribution in [2.75, 3.05) is 31.2 Å². The van der Waals surface area contributed by atoms with Gasteiger partial charge in [-0.25, -0.2) is 18.2 Å². The highest BCUT2D eigenvalue weighted by Crippen LogP contribution is 2.35. The van der Waals surface area contributed by atoms with Crippen LogP contribution in [0.1, 0.15) is 22.7 Å². The molecule has 1 aliphatic heterocycles. The molecule has 2 aromatic carbocycles. The molecule has 1 fully saturated rings. The van der Waals surface area contributed by atoms with Crippen LogP contribution < -0.4 is 10.5 Å². The van der Waals surface area contributed by atoms with Crippen molar-refractivity contribution in [3.8, 4) is 6.07 Å². The lowest BCUT2D eigenvalue weighted by Gasteiger charge is -2.45. The minimum absolute atomic E-state index is 0.0507. The van der Waals surface area contributed by atoms with Gasteiger partial charge in [-0.3, -0.25) is 9.69 Å². The normalized spacial score (nSPS) is 16.2. The zero-order chi connectivity index (χ0) is 27.0. The fraction of sp³-hybridized carbons (Fsp3) is 0.250. The van der Waals surface area contributed by atoms with Crippen molar-refractivity contribution in [2.45, 2.75) is 12.1 Å². The van der Waals surface area contributed by atoms with Crippen LogP contribution in [-0.2, 0) is 7.05 Å². The van der Waals surface area contributed by atoms with E-state index in [0.29, 0.717) is 34.4 Å². The third kappa shape index (κ3) is 4.68. The lowest BCUT2D eigenvalue weighted by atomic mass is 9.94. The zero-order valence-corrected chi connectivity index (χ0v) is 22.0. The maximum absolute atomic E-state index is 14.7. The summed E-state index contributed by atoms with van der Waals surface area (Å²) in [5.41, 5.74) is 2.39. The lowest BCUT2D eigenvalue weighted by molar-refractivity contribution is 0.116. The Morgan fingerprint density at radius 3 is 2.18 bits per heavy atom. The first-order chi connectivity index (χ1) is 18.3. The van der Waals surface area contributed by atoms with Crippen molar-refractivity contribution in [1.29, 1.82) is 5.26 Å². The quantitative estimate of drug-likeness (QED) is 0.307. The molecule has 10 heteroatoms. The molecule has 1 unspecified atom stereocenters. The van der Waals surface area contributed by atoms with E-state index in [2.05, 4.69) is 20.9 Å². The molecule has 1 aliphatic rings. The largest absolute Gasteiger partial charge is 0.366 e. The molecule has 1 atom stereocenters. The standard InChI is InChI=1S/C28H23BrF3N5O/c1-35-23-10-11-24(29)34-25(23)27(22(15-33)28(35)38)36-12-13-37(21(14-30)16-36)26(17-2-6-19(31)7-3-17)18-4-8-20(32)9-5-18/h2-11,21,26H,12-14,16H2,1H3. The SMILES string of the molecule is Cn1c(=O)c(C#N)c(N2CCN(C(c3ccc(F)cc3)c3ccc(F)cc3)C(CF)C2)c2nc(Br)ccc21. The van der Waals surface area contributed by atoms with E-state index >= 15 is 0 Å². The Labute approximate surface area is 225 Å². The average Bonchev–Trinajstić information content (AvgIpc) is 2.93. The summed E-state index contributed by atoms with van der Waals surface area (Å²) in [6.07, 6.45) is 0. The number of pyridine rings is 2. The third-order valence-electron chi connectivity index (χ3n) is 7.02. The summed E-state index contributed by atoms with van der Waals surface area (Å²) in [6, 6.07) is 16.4. The van der Waals surface area contributed by atoms with Crippen molar-refractivity contribution < 1.29 is 13.2 Å². The number of nitriles is 1. The molecule has 0 amide bonds. The second-order valence-corrected chi connectivity index (χ2v) is 10.0. The Kier molecular flexibility index (Phi) is 7.23. The van der Waals surface area contributed by atoms with Gasteiger partial charge >= 0.3 is 0 Å². The second-order valence-electron chi connectivity index (χ2n) is 9.20. The Bertz CT molecular complexity index is 1540. The molecule has 0 aliphatic carbocycles. The van der Waals surface area contributed by atoms with E-state index < -0.39 is 36.0 Å². The second kappa shape index (κ2) is 10.6. The molecule has 0 bridgehead atoms. The zero-order valence-electron chi connectivity index (χ0n) is 20.4. The summed E-state index contributed by atoms with van der Waals surface area (Å²) in [6.45, 7) is 0.210. The van der Waals surface area contributed by atoms with Crippen molar-refractivity contribution in [3.63, 3.8) is 0 Å². The van der Waals surface area contributed by atoms with Crippen molar-refractivity contribution in [1.82, 2.24) is 14.5 Å². The van der Waals surface area contributed by atoms with Crippen molar-refractivity contribution >= 4 is 32.7 Å². The number of aromatic nitrogens is 2. The Morgan fingerprint density at radius 2 is 1.63 bits per heavy atom. The third-order valence-corrected chi connectivity index (χ3v) is 7.46. The molecular formula is C28H23BrF3N5O. The smallest absolute Gasteiger partial charge is 0.270 e. The van der Waals surface area contributed by atoms with Crippen LogP contribution in [0.3, 0.4) is 0 Å². The molecule has 0 spiro atoms. The number of hydrogen-bond acceptors (Lipinski definition) is 5. The summed E-state index contributed by atoms with van der Waals surface area (Å²) in [5.74, 6) is -0.780. The van der Waals surface area contributed by atoms with Crippen LogP contribution in [0.25, 0.3) is 11.0 Å². The Morgan fingerprint density at radius 1 is 1.03 bits per heavy atom. The summed E-state index contributed by atoms with van der Waals surface area (Å²) < 4.78 is 44.1. The van der Waals surface area contributed by atoms with E-state index in [4.69, 9.17) is 0 Å². The minimum Gasteiger partial charge on any atom is -0.366 e. The number of alkyl halides is 1. The first-order valence-corrected chi connectivity index (χ1v) is 12.8. The molecule has 194 valence electrons. The van der Waals surface area contributed by atoms with Crippen molar-refractivity contribution in [2.24, 2.45) is 7.05 Å². The van der Waals surface area contributed by atoms with Gasteiger partial charge in [0.25, 0.3) is 5.56 Å². The minimum atomic E-state index is -0.711. The van der Waals surface area contributed by atoms with Gasteiger partial charge < -0.3 is 9.47 Å². The number of hydrogen-bond donors (Lipinski definition) is 0. The summed E-state index contributed by atoms with van der Waals surface area (Å²) in [4.78, 5) is 21.4. The Balaban J connectivity index is 1.58. The first kappa shape index (κ1) is 25.9. The molecule has 5 rings (SSSR count). The van der Waals surface area contributed by atoms with Crippen LogP contribution >= 0.6 is 15.9 Å². The van der Waals surface area contributed by atoms with Crippen molar-refractivity contribution in [3.05, 3.63) is 104 Å². The van der Waals surface area contributed by atoms with Crippen LogP contribution in [0.15, 0.2) is 70.1 Å². The fourth-order valence-corrected chi connectivity index (χ4v) is 5.50. The van der Waals surface area contributed by atoms with Gasteiger partial charge in [0.2, 0.25) is 0 Å². The molecule has 0 N–H and O–H groups in total. The first-order valence-electron chi connectivity index (χ1n) is 12.0. The molecule has 0 radical (unpaired) electrons. The van der Waals surface area contributed by atoms with Gasteiger partial charge in [0.15, 0.2) is 0 Å². The fourth-order valence-electron chi connectivity index (χ4n) is 5.19. The number of piperazine rings is 1. The molecule has 1 saturated heterocycles. The van der Waals surface area contributed by atoms with E-state index in [1.165, 1.54) is 28.8 Å². The van der Waals surface area contributed by atoms with Gasteiger partial charge in [-0.15, -0.1) is 0 Å². The van der Waals surface area contributed by atoms with Crippen LogP contribution in [-0.4, -0.2) is 46.8 Å². The van der Waals surface area contributed by atoms with Crippen LogP contribution in [0.2, 0.25) is 0 Å². The number of fused-ring (bicyclic) bond motifs is 1. The van der Waals surface area contributed by atoms with E-state index in [1.54, 1.807) is 43.4 Å². The molecule has 4 aromatic rings. The number of halogens is 4. The number of rotatable bonds is 5. The van der Waals surface area contributed by atoms with E-state index in [0.717, 1.165) is 11.1 Å². The van der Waals surface area contributed by atoms with Gasteiger partial charge in [0.1, 0.15) is 40.1 Å². The van der Waals surface area contributed by atoms with E-state index in [9.17, 15) is 23.2 Å². The van der Waals surface area contributed by atoms with Gasteiger partial charge in [-0.2, -0.15) is 5.26 Å². The van der Waals surface area contributed by atoms with E-state index in [-0.39, 0.29) is 12.1 Å². The van der Waals surface area contributed by atoms with Crippen LogP contribution in [0.4, 0.5) is 18.9 Å². The molecule has 6 nitrogen and oxygen atoms in total. The van der Waals surface area contributed by atoms with Gasteiger partial charge in [0, 0.05) is 26.7 Å². The van der Waals surface area contributed by atoms with Crippen LogP contribution in [0, 0.1) is 23.0 Å². The van der Waals surface area contributed by atoms with Gasteiger partial charge in [-0.05, 0) is 63.5 Å². The number of aryl methyl sites for hydroxylation is 1. The van der Waals surface area contributed by atoms with Crippen LogP contribution in [0.5, 0.6) is 0 Å². The molecule has 3 heterocycles. The number of anilines is 1. The number of benzene rings is 2. The Hall–Kier alpha value is -3.68. The maximum Gasteiger partial charge on any atom is 0.270 e. The molecule has 0 saturated carbocycles. The van der Waals surface area contributed by atoms with Gasteiger partial charge in [-0.1, -0.05) is 24.3 Å². The summed E-state index contributed by atoms with van der Waals surface area (Å²) in [7, 11) is 1.59. The predicted molar refractivity (Wildman–Crippen MR) is 143 cm³/mol. The highest BCUT2D eigenvalue weighted by atomic mass is 79.9.